The first-order chi connectivity index (χ1) is 14.0. The lowest BCUT2D eigenvalue weighted by Gasteiger charge is -2.23. The number of amides is 1. The Balaban J connectivity index is 0.00000145. The normalized spacial score (nSPS) is 13.9. The van der Waals surface area contributed by atoms with Gasteiger partial charge in [0.1, 0.15) is 0 Å². The third-order valence-electron chi connectivity index (χ3n) is 5.00. The van der Waals surface area contributed by atoms with E-state index < -0.39 is 0 Å². The molecule has 0 fully saturated rings. The molecule has 3 rings (SSSR count). The van der Waals surface area contributed by atoms with E-state index in [0.717, 1.165) is 32.8 Å². The fraction of sp³-hybridized carbons (Fsp3) is 0.208. The van der Waals surface area contributed by atoms with E-state index in [9.17, 15) is 9.70 Å². The summed E-state index contributed by atoms with van der Waals surface area (Å²) in [5.74, 6) is -0.162. The number of nitroso groups, excluding NO2 is 1. The van der Waals surface area contributed by atoms with Crippen molar-refractivity contribution in [2.24, 2.45) is 5.18 Å². The molecule has 0 aliphatic carbocycles. The highest BCUT2D eigenvalue weighted by molar-refractivity contribution is 8.07. The number of carbonyl (C=O) groups excluding carboxylic acids is 1. The van der Waals surface area contributed by atoms with Gasteiger partial charge in [0.15, 0.2) is 0 Å². The van der Waals surface area contributed by atoms with Crippen LogP contribution in [0.25, 0.3) is 4.91 Å². The average molecular weight is 405 g/mol. The van der Waals surface area contributed by atoms with Crippen LogP contribution in [-0.4, -0.2) is 12.2 Å². The molecule has 1 heterocycles. The Hall–Kier alpha value is -3.10. The van der Waals surface area contributed by atoms with Crippen LogP contribution in [0.15, 0.2) is 66.0 Å². The van der Waals surface area contributed by atoms with Gasteiger partial charge in [-0.05, 0) is 47.7 Å². The molecule has 4 nitrogen and oxygen atoms in total. The summed E-state index contributed by atoms with van der Waals surface area (Å²) in [6.45, 7) is 8.20. The Kier molecular flexibility index (Phi) is 7.58. The van der Waals surface area contributed by atoms with E-state index in [0.29, 0.717) is 12.2 Å². The summed E-state index contributed by atoms with van der Waals surface area (Å²) >= 11 is 1.63. The van der Waals surface area contributed by atoms with Gasteiger partial charge in [-0.2, -0.15) is 0 Å². The van der Waals surface area contributed by atoms with Crippen LogP contribution in [0.1, 0.15) is 46.8 Å². The summed E-state index contributed by atoms with van der Waals surface area (Å²) in [7, 11) is 0. The number of benzene rings is 2. The number of thioether (sulfide) groups is 1. The number of terminal acetylenes is 1. The van der Waals surface area contributed by atoms with Crippen LogP contribution >= 0.6 is 11.8 Å². The first kappa shape index (κ1) is 22.2. The van der Waals surface area contributed by atoms with Crippen LogP contribution < -0.4 is 4.90 Å². The second kappa shape index (κ2) is 9.90. The van der Waals surface area contributed by atoms with E-state index >= 15 is 0 Å². The molecule has 0 N–H and O–H groups in total. The van der Waals surface area contributed by atoms with Gasteiger partial charge >= 0.3 is 0 Å². The smallest absolute Gasteiger partial charge is 0.258 e. The minimum absolute atomic E-state index is 0.0168. The zero-order valence-electron chi connectivity index (χ0n) is 16.9. The largest absolute Gasteiger partial charge is 0.303 e. The van der Waals surface area contributed by atoms with E-state index in [1.54, 1.807) is 11.8 Å². The van der Waals surface area contributed by atoms with E-state index in [1.165, 1.54) is 0 Å². The number of fused-ring (bicyclic) bond motifs is 1. The third kappa shape index (κ3) is 4.33. The minimum atomic E-state index is -0.179. The van der Waals surface area contributed by atoms with Crippen LogP contribution in [0.4, 0.5) is 5.69 Å². The zero-order chi connectivity index (χ0) is 21.6. The van der Waals surface area contributed by atoms with Crippen LogP contribution in [0.2, 0.25) is 0 Å². The quantitative estimate of drug-likeness (QED) is 0.425. The van der Waals surface area contributed by atoms with Crippen molar-refractivity contribution in [3.63, 3.8) is 0 Å². The Morgan fingerprint density at radius 1 is 1.28 bits per heavy atom. The fourth-order valence-electron chi connectivity index (χ4n) is 3.36. The van der Waals surface area contributed by atoms with Gasteiger partial charge in [-0.15, -0.1) is 29.5 Å². The molecule has 0 saturated carbocycles. The lowest BCUT2D eigenvalue weighted by molar-refractivity contribution is 0.0996. The van der Waals surface area contributed by atoms with Crippen molar-refractivity contribution in [2.75, 3.05) is 11.2 Å². The molecular weight excluding hydrogens is 380 g/mol. The van der Waals surface area contributed by atoms with Gasteiger partial charge in [-0.25, -0.2) is 0 Å². The summed E-state index contributed by atoms with van der Waals surface area (Å²) in [6.07, 6.45) is 12.1. The van der Waals surface area contributed by atoms with Gasteiger partial charge in [-0.1, -0.05) is 43.8 Å². The number of hydrogen-bond donors (Lipinski definition) is 0. The molecule has 1 aliphatic heterocycles. The van der Waals surface area contributed by atoms with Gasteiger partial charge in [0.2, 0.25) is 0 Å². The minimum Gasteiger partial charge on any atom is -0.303 e. The van der Waals surface area contributed by atoms with Crippen molar-refractivity contribution in [2.45, 2.75) is 26.3 Å². The van der Waals surface area contributed by atoms with Gasteiger partial charge in [0.05, 0.1) is 17.9 Å². The monoisotopic (exact) mass is 404 g/mol. The third-order valence-corrected chi connectivity index (χ3v) is 5.89. The summed E-state index contributed by atoms with van der Waals surface area (Å²) in [5, 5.41) is 2.99. The van der Waals surface area contributed by atoms with Crippen molar-refractivity contribution in [1.29, 1.82) is 0 Å². The Morgan fingerprint density at radius 3 is 2.55 bits per heavy atom. The van der Waals surface area contributed by atoms with Crippen LogP contribution in [0.5, 0.6) is 0 Å². The van der Waals surface area contributed by atoms with Gasteiger partial charge in [0, 0.05) is 21.9 Å². The fourth-order valence-corrected chi connectivity index (χ4v) is 3.98. The van der Waals surface area contributed by atoms with Crippen LogP contribution in [0.3, 0.4) is 0 Å². The molecular formula is C24H24N2O2S. The molecule has 5 heteroatoms. The predicted octanol–water partition coefficient (Wildman–Crippen LogP) is 6.20. The van der Waals surface area contributed by atoms with Crippen molar-refractivity contribution in [3.05, 3.63) is 88.0 Å². The molecule has 1 unspecified atom stereocenters. The van der Waals surface area contributed by atoms with E-state index in [1.807, 2.05) is 73.5 Å². The molecule has 0 aromatic heterocycles. The number of hydrogen-bond acceptors (Lipinski definition) is 4. The molecule has 0 spiro atoms. The van der Waals surface area contributed by atoms with Crippen molar-refractivity contribution in [1.82, 2.24) is 0 Å². The standard InChI is InChI=1S/C22H22N2O2S.C2H2/c1-5-21(27-4)19-12-16(14(2)15(3)23-26)10-11-20(19)24-13-17-8-6-7-9-18(17)22(24)25;1-2/h5-12,14H,3,13H2,1-2,4H3;1-2H/b21-5-;. The Morgan fingerprint density at radius 2 is 1.97 bits per heavy atom. The molecule has 0 radical (unpaired) electrons. The van der Waals surface area contributed by atoms with Gasteiger partial charge in [-0.3, -0.25) is 4.79 Å². The van der Waals surface area contributed by atoms with Gasteiger partial charge in [0.25, 0.3) is 5.91 Å². The highest BCUT2D eigenvalue weighted by atomic mass is 32.2. The number of carbonyl (C=O) groups is 1. The molecule has 2 aromatic carbocycles. The lowest BCUT2D eigenvalue weighted by Crippen LogP contribution is -2.24. The van der Waals surface area contributed by atoms with Gasteiger partial charge < -0.3 is 4.90 Å². The first-order valence-electron chi connectivity index (χ1n) is 9.11. The lowest BCUT2D eigenvalue weighted by atomic mass is 9.95. The van der Waals surface area contributed by atoms with Crippen molar-refractivity contribution in [3.8, 4) is 12.8 Å². The molecule has 1 atom stereocenters. The molecule has 1 aliphatic rings. The highest BCUT2D eigenvalue weighted by Gasteiger charge is 2.30. The van der Waals surface area contributed by atoms with Crippen molar-refractivity contribution >= 4 is 28.3 Å². The zero-order valence-corrected chi connectivity index (χ0v) is 17.7. The average Bonchev–Trinajstić information content (AvgIpc) is 3.11. The highest BCUT2D eigenvalue weighted by Crippen LogP contribution is 2.39. The van der Waals surface area contributed by atoms with E-state index in [2.05, 4.69) is 24.6 Å². The Bertz CT molecular complexity index is 991. The maximum Gasteiger partial charge on any atom is 0.258 e. The number of allylic oxidation sites excluding steroid dienone is 2. The van der Waals surface area contributed by atoms with E-state index in [4.69, 9.17) is 0 Å². The maximum atomic E-state index is 13.0. The van der Waals surface area contributed by atoms with E-state index in [-0.39, 0.29) is 11.8 Å². The first-order valence-corrected chi connectivity index (χ1v) is 10.3. The SMILES string of the molecule is C#C.C=C(N=O)C(C)c1ccc(N2Cc3ccccc3C2=O)c(/C(=C/C)SC)c1. The number of rotatable bonds is 6. The maximum absolute atomic E-state index is 13.0. The van der Waals surface area contributed by atoms with Crippen LogP contribution in [0, 0.1) is 17.8 Å². The van der Waals surface area contributed by atoms with Crippen LogP contribution in [-0.2, 0) is 6.54 Å². The predicted molar refractivity (Wildman–Crippen MR) is 124 cm³/mol. The summed E-state index contributed by atoms with van der Waals surface area (Å²) in [5.41, 5.74) is 4.90. The topological polar surface area (TPSA) is 49.7 Å². The molecule has 29 heavy (non-hydrogen) atoms. The second-order valence-corrected chi connectivity index (χ2v) is 7.33. The summed E-state index contributed by atoms with van der Waals surface area (Å²) in [6, 6.07) is 13.7. The summed E-state index contributed by atoms with van der Waals surface area (Å²) < 4.78 is 0. The number of anilines is 1. The Labute approximate surface area is 176 Å². The van der Waals surface area contributed by atoms with Crippen molar-refractivity contribution < 1.29 is 4.79 Å². The summed E-state index contributed by atoms with van der Waals surface area (Å²) in [4.78, 5) is 26.7. The number of nitrogens with zero attached hydrogens (tertiary/aromatic N) is 2. The molecule has 2 aromatic rings. The molecule has 0 saturated heterocycles. The molecule has 0 bridgehead atoms. The molecule has 148 valence electrons. The molecule has 1 amide bonds. The second-order valence-electron chi connectivity index (χ2n) is 6.49.